The molecule has 1 aromatic rings. The Morgan fingerprint density at radius 2 is 2.00 bits per heavy atom. The minimum Gasteiger partial charge on any atom is -0.383 e. The van der Waals surface area contributed by atoms with Crippen LogP contribution in [0.5, 0.6) is 0 Å². The first-order valence-corrected chi connectivity index (χ1v) is 3.57. The van der Waals surface area contributed by atoms with E-state index in [1.54, 1.807) is 12.1 Å². The van der Waals surface area contributed by atoms with Crippen molar-refractivity contribution in [1.29, 1.82) is 5.26 Å². The fraction of sp³-hybridized carbons (Fsp3) is 0.100. The summed E-state index contributed by atoms with van der Waals surface area (Å²) in [5.41, 5.74) is 0.866. The molecule has 0 amide bonds. The van der Waals surface area contributed by atoms with Crippen LogP contribution in [0.15, 0.2) is 42.5 Å². The molecule has 0 bridgehead atoms. The summed E-state index contributed by atoms with van der Waals surface area (Å²) in [6, 6.07) is 10.8. The number of hydrogen-bond donors (Lipinski definition) is 1. The normalized spacial score (nSPS) is 11.7. The molecule has 1 N–H and O–H groups in total. The lowest BCUT2D eigenvalue weighted by Crippen LogP contribution is -1.97. The van der Waals surface area contributed by atoms with Crippen molar-refractivity contribution in [2.24, 2.45) is 0 Å². The van der Waals surface area contributed by atoms with E-state index < -0.39 is 6.10 Å². The second-order valence-electron chi connectivity index (χ2n) is 2.45. The zero-order valence-electron chi connectivity index (χ0n) is 6.57. The second kappa shape index (κ2) is 3.70. The minimum atomic E-state index is -0.865. The Bertz CT molecular complexity index is 310. The average Bonchev–Trinajstić information content (AvgIpc) is 2.17. The van der Waals surface area contributed by atoms with E-state index in [4.69, 9.17) is 5.26 Å². The predicted octanol–water partition coefficient (Wildman–Crippen LogP) is 1.80. The van der Waals surface area contributed by atoms with Gasteiger partial charge in [-0.25, -0.2) is 0 Å². The number of aliphatic hydroxyl groups is 1. The lowest BCUT2D eigenvalue weighted by molar-refractivity contribution is 0.221. The molecule has 1 aromatic carbocycles. The highest BCUT2D eigenvalue weighted by atomic mass is 16.3. The summed E-state index contributed by atoms with van der Waals surface area (Å²) in [6.07, 6.45) is -0.865. The van der Waals surface area contributed by atoms with Crippen LogP contribution in [0, 0.1) is 11.3 Å². The van der Waals surface area contributed by atoms with E-state index in [0.717, 1.165) is 0 Å². The molecule has 0 radical (unpaired) electrons. The lowest BCUT2D eigenvalue weighted by atomic mass is 10.0. The van der Waals surface area contributed by atoms with Crippen LogP contribution in [0.3, 0.4) is 0 Å². The molecule has 0 unspecified atom stereocenters. The molecule has 0 fully saturated rings. The second-order valence-corrected chi connectivity index (χ2v) is 2.45. The Labute approximate surface area is 71.4 Å². The fourth-order valence-corrected chi connectivity index (χ4v) is 0.898. The molecule has 0 saturated heterocycles. The van der Waals surface area contributed by atoms with E-state index in [-0.39, 0.29) is 5.57 Å². The SMILES string of the molecule is C=C(C#N)[C@@H](O)c1ccccc1. The zero-order valence-corrected chi connectivity index (χ0v) is 6.57. The van der Waals surface area contributed by atoms with Gasteiger partial charge >= 0.3 is 0 Å². The molecule has 0 saturated carbocycles. The Morgan fingerprint density at radius 1 is 1.42 bits per heavy atom. The van der Waals surface area contributed by atoms with E-state index in [2.05, 4.69) is 6.58 Å². The predicted molar refractivity (Wildman–Crippen MR) is 46.2 cm³/mol. The fourth-order valence-electron chi connectivity index (χ4n) is 0.898. The molecule has 1 rings (SSSR count). The summed E-state index contributed by atoms with van der Waals surface area (Å²) in [5, 5.41) is 17.9. The van der Waals surface area contributed by atoms with Gasteiger partial charge in [0.15, 0.2) is 0 Å². The molecule has 0 aliphatic rings. The molecule has 2 nitrogen and oxygen atoms in total. The Balaban J connectivity index is 2.87. The van der Waals surface area contributed by atoms with Crippen molar-refractivity contribution >= 4 is 0 Å². The third-order valence-corrected chi connectivity index (χ3v) is 1.59. The van der Waals surface area contributed by atoms with E-state index >= 15 is 0 Å². The number of nitrogens with zero attached hydrogens (tertiary/aromatic N) is 1. The van der Waals surface area contributed by atoms with Gasteiger partial charge in [0.1, 0.15) is 6.10 Å². The summed E-state index contributed by atoms with van der Waals surface area (Å²) in [7, 11) is 0. The van der Waals surface area contributed by atoms with Gasteiger partial charge in [0.05, 0.1) is 11.6 Å². The van der Waals surface area contributed by atoms with Crippen molar-refractivity contribution in [2.45, 2.75) is 6.10 Å². The molecule has 2 heteroatoms. The van der Waals surface area contributed by atoms with Crippen LogP contribution in [0.1, 0.15) is 11.7 Å². The summed E-state index contributed by atoms with van der Waals surface area (Å²) in [5.74, 6) is 0. The molecule has 60 valence electrons. The molecule has 1 atom stereocenters. The molecule has 0 aliphatic carbocycles. The Hall–Kier alpha value is -1.59. The highest BCUT2D eigenvalue weighted by Crippen LogP contribution is 2.18. The molecule has 12 heavy (non-hydrogen) atoms. The van der Waals surface area contributed by atoms with Crippen molar-refractivity contribution in [1.82, 2.24) is 0 Å². The van der Waals surface area contributed by atoms with Crippen molar-refractivity contribution < 1.29 is 5.11 Å². The maximum absolute atomic E-state index is 9.47. The van der Waals surface area contributed by atoms with Crippen LogP contribution in [0.25, 0.3) is 0 Å². The molecular weight excluding hydrogens is 150 g/mol. The number of benzene rings is 1. The van der Waals surface area contributed by atoms with E-state index in [1.165, 1.54) is 0 Å². The average molecular weight is 159 g/mol. The van der Waals surface area contributed by atoms with Gasteiger partial charge in [0, 0.05) is 0 Å². The number of rotatable bonds is 2. The van der Waals surface area contributed by atoms with Gasteiger partial charge in [-0.1, -0.05) is 36.9 Å². The highest BCUT2D eigenvalue weighted by Gasteiger charge is 2.09. The molecule has 0 aliphatic heterocycles. The third-order valence-electron chi connectivity index (χ3n) is 1.59. The van der Waals surface area contributed by atoms with E-state index in [0.29, 0.717) is 5.56 Å². The molecule has 0 heterocycles. The monoisotopic (exact) mass is 159 g/mol. The molecule has 0 spiro atoms. The summed E-state index contributed by atoms with van der Waals surface area (Å²) >= 11 is 0. The van der Waals surface area contributed by atoms with Crippen LogP contribution in [-0.4, -0.2) is 5.11 Å². The van der Waals surface area contributed by atoms with Crippen molar-refractivity contribution in [3.05, 3.63) is 48.0 Å². The topological polar surface area (TPSA) is 44.0 Å². The smallest absolute Gasteiger partial charge is 0.113 e. The van der Waals surface area contributed by atoms with Gasteiger partial charge in [-0.05, 0) is 5.56 Å². The van der Waals surface area contributed by atoms with Crippen LogP contribution in [0.2, 0.25) is 0 Å². The minimum absolute atomic E-state index is 0.168. The van der Waals surface area contributed by atoms with Gasteiger partial charge in [0.25, 0.3) is 0 Å². The quantitative estimate of drug-likeness (QED) is 0.668. The number of hydrogen-bond acceptors (Lipinski definition) is 2. The van der Waals surface area contributed by atoms with Gasteiger partial charge in [-0.3, -0.25) is 0 Å². The molecular formula is C10H9NO. The van der Waals surface area contributed by atoms with Gasteiger partial charge < -0.3 is 5.11 Å². The van der Waals surface area contributed by atoms with Crippen LogP contribution < -0.4 is 0 Å². The lowest BCUT2D eigenvalue weighted by Gasteiger charge is -2.07. The largest absolute Gasteiger partial charge is 0.383 e. The van der Waals surface area contributed by atoms with Gasteiger partial charge in [-0.2, -0.15) is 5.26 Å². The van der Waals surface area contributed by atoms with Crippen LogP contribution in [0.4, 0.5) is 0 Å². The van der Waals surface area contributed by atoms with E-state index in [1.807, 2.05) is 24.3 Å². The third kappa shape index (κ3) is 1.71. The van der Waals surface area contributed by atoms with Crippen LogP contribution in [-0.2, 0) is 0 Å². The Morgan fingerprint density at radius 3 is 2.50 bits per heavy atom. The first kappa shape index (κ1) is 8.51. The van der Waals surface area contributed by atoms with Crippen molar-refractivity contribution in [3.8, 4) is 6.07 Å². The maximum atomic E-state index is 9.47. The summed E-state index contributed by atoms with van der Waals surface area (Å²) in [6.45, 7) is 3.44. The first-order valence-electron chi connectivity index (χ1n) is 3.57. The molecule has 0 aromatic heterocycles. The van der Waals surface area contributed by atoms with E-state index in [9.17, 15) is 5.11 Å². The van der Waals surface area contributed by atoms with Crippen molar-refractivity contribution in [2.75, 3.05) is 0 Å². The first-order chi connectivity index (χ1) is 5.75. The number of nitriles is 1. The Kier molecular flexibility index (Phi) is 2.62. The highest BCUT2D eigenvalue weighted by molar-refractivity contribution is 5.31. The van der Waals surface area contributed by atoms with Crippen molar-refractivity contribution in [3.63, 3.8) is 0 Å². The number of aliphatic hydroxyl groups excluding tert-OH is 1. The standard InChI is InChI=1S/C10H9NO/c1-8(7-11)10(12)9-5-3-2-4-6-9/h2-6,10,12H,1H2/t10-/m1/s1. The van der Waals surface area contributed by atoms with Crippen LogP contribution >= 0.6 is 0 Å². The van der Waals surface area contributed by atoms with Gasteiger partial charge in [0.2, 0.25) is 0 Å². The summed E-state index contributed by atoms with van der Waals surface area (Å²) in [4.78, 5) is 0. The zero-order chi connectivity index (χ0) is 8.97. The van der Waals surface area contributed by atoms with Gasteiger partial charge in [-0.15, -0.1) is 0 Å². The summed E-state index contributed by atoms with van der Waals surface area (Å²) < 4.78 is 0. The maximum Gasteiger partial charge on any atom is 0.113 e.